The van der Waals surface area contributed by atoms with Gasteiger partial charge >= 0.3 is 0 Å². The lowest BCUT2D eigenvalue weighted by Crippen LogP contribution is -2.41. The van der Waals surface area contributed by atoms with Crippen LogP contribution in [0.1, 0.15) is 59.3 Å². The molecule has 3 aromatic carbocycles. The smallest absolute Gasteiger partial charge is 0.194 e. The zero-order valence-corrected chi connectivity index (χ0v) is 25.0. The van der Waals surface area contributed by atoms with Crippen LogP contribution >= 0.6 is 0 Å². The summed E-state index contributed by atoms with van der Waals surface area (Å²) in [5, 5.41) is 26.1. The van der Waals surface area contributed by atoms with Gasteiger partial charge in [0, 0.05) is 46.9 Å². The number of allylic oxidation sites excluding steroid dienone is 4. The number of carbonyl (C=O) groups excluding carboxylic acids is 3. The SMILES string of the molecule is COc1ccc(C(CNC(C)=C2C(=O)C=C3Oc4c(C(C)=O)c(O)c(C)c(O)c4[C@@]3(C)C2=O)c2c[nH]c3ccccc23)cc1. The molecule has 4 N–H and O–H groups in total. The lowest BCUT2D eigenvalue weighted by atomic mass is 9.70. The quantitative estimate of drug-likeness (QED) is 0.126. The summed E-state index contributed by atoms with van der Waals surface area (Å²) in [5.74, 6) is -1.97. The molecule has 6 rings (SSSR count). The third-order valence-corrected chi connectivity index (χ3v) is 8.85. The Bertz CT molecular complexity index is 1950. The van der Waals surface area contributed by atoms with Crippen molar-refractivity contribution in [3.63, 3.8) is 0 Å². The summed E-state index contributed by atoms with van der Waals surface area (Å²) in [5.41, 5.74) is 1.71. The number of rotatable bonds is 7. The standard InChI is InChI=1S/C35H32N2O7/c1-17-31(40)29(19(3)38)33-30(32(17)41)35(4)27(44-33)14-26(39)28(34(35)42)18(2)36-15-23(20-10-12-21(43-5)13-11-20)24-16-37-25-9-7-6-8-22(24)25/h6-14,16,23,36-37,40-41H,15H2,1-5H3/t23?,35-/m0/s1. The number of phenols is 2. The number of aromatic nitrogens is 1. The molecule has 9 nitrogen and oxygen atoms in total. The Balaban J connectivity index is 1.41. The summed E-state index contributed by atoms with van der Waals surface area (Å²) in [6, 6.07) is 15.8. The summed E-state index contributed by atoms with van der Waals surface area (Å²) in [4.78, 5) is 43.5. The maximum absolute atomic E-state index is 14.2. The molecular weight excluding hydrogens is 560 g/mol. The van der Waals surface area contributed by atoms with Gasteiger partial charge < -0.3 is 30.0 Å². The van der Waals surface area contributed by atoms with Crippen molar-refractivity contribution < 1.29 is 34.1 Å². The molecule has 1 aliphatic carbocycles. The lowest BCUT2D eigenvalue weighted by Gasteiger charge is -2.29. The average molecular weight is 593 g/mol. The van der Waals surface area contributed by atoms with Gasteiger partial charge in [-0.1, -0.05) is 30.3 Å². The molecular formula is C35H32N2O7. The first kappa shape index (κ1) is 28.8. The van der Waals surface area contributed by atoms with Crippen LogP contribution in [0.3, 0.4) is 0 Å². The van der Waals surface area contributed by atoms with Crippen LogP contribution < -0.4 is 14.8 Å². The third kappa shape index (κ3) is 4.18. The van der Waals surface area contributed by atoms with Crippen molar-refractivity contribution in [2.75, 3.05) is 13.7 Å². The fourth-order valence-electron chi connectivity index (χ4n) is 6.33. The van der Waals surface area contributed by atoms with Gasteiger partial charge in [0.2, 0.25) is 0 Å². The van der Waals surface area contributed by atoms with Gasteiger partial charge in [0.1, 0.15) is 39.7 Å². The van der Waals surface area contributed by atoms with Gasteiger partial charge in [-0.15, -0.1) is 0 Å². The molecule has 1 aromatic heterocycles. The molecule has 2 atom stereocenters. The van der Waals surface area contributed by atoms with Crippen LogP contribution in [0.2, 0.25) is 0 Å². The zero-order chi connectivity index (χ0) is 31.5. The van der Waals surface area contributed by atoms with Gasteiger partial charge in [0.25, 0.3) is 0 Å². The number of H-pyrrole nitrogens is 1. The first-order valence-electron chi connectivity index (χ1n) is 14.2. The van der Waals surface area contributed by atoms with E-state index in [4.69, 9.17) is 9.47 Å². The molecule has 1 unspecified atom stereocenters. The molecule has 4 aromatic rings. The lowest BCUT2D eigenvalue weighted by molar-refractivity contribution is -0.123. The summed E-state index contributed by atoms with van der Waals surface area (Å²) < 4.78 is 11.2. The van der Waals surface area contributed by atoms with Crippen molar-refractivity contribution in [3.8, 4) is 23.0 Å². The molecule has 0 amide bonds. The highest BCUT2D eigenvalue weighted by atomic mass is 16.5. The number of benzene rings is 3. The Labute approximate surface area is 253 Å². The summed E-state index contributed by atoms with van der Waals surface area (Å²) >= 11 is 0. The Kier molecular flexibility index (Phi) is 6.84. The fourth-order valence-corrected chi connectivity index (χ4v) is 6.33. The molecule has 1 aliphatic heterocycles. The van der Waals surface area contributed by atoms with E-state index in [1.54, 1.807) is 21.0 Å². The molecule has 0 fully saturated rings. The minimum absolute atomic E-state index is 0.00301. The monoisotopic (exact) mass is 592 g/mol. The van der Waals surface area contributed by atoms with Crippen molar-refractivity contribution in [1.82, 2.24) is 10.3 Å². The number of phenolic OH excluding ortho intramolecular Hbond substituents is 2. The largest absolute Gasteiger partial charge is 0.507 e. The zero-order valence-electron chi connectivity index (χ0n) is 25.0. The summed E-state index contributed by atoms with van der Waals surface area (Å²) in [6.07, 6.45) is 3.19. The number of hydrogen-bond acceptors (Lipinski definition) is 8. The Morgan fingerprint density at radius 2 is 1.77 bits per heavy atom. The number of Topliss-reactive ketones (excluding diaryl/α,β-unsaturated/α-hetero) is 2. The van der Waals surface area contributed by atoms with E-state index in [2.05, 4.69) is 10.3 Å². The number of fused-ring (bicyclic) bond motifs is 4. The van der Waals surface area contributed by atoms with Gasteiger partial charge in [0.15, 0.2) is 17.3 Å². The van der Waals surface area contributed by atoms with Crippen molar-refractivity contribution in [2.45, 2.75) is 39.0 Å². The van der Waals surface area contributed by atoms with Crippen molar-refractivity contribution in [2.24, 2.45) is 0 Å². The Morgan fingerprint density at radius 1 is 1.07 bits per heavy atom. The van der Waals surface area contributed by atoms with Gasteiger partial charge in [-0.2, -0.15) is 0 Å². The highest BCUT2D eigenvalue weighted by molar-refractivity contribution is 6.31. The Hall–Kier alpha value is -5.31. The minimum atomic E-state index is -1.58. The number of carbonyl (C=O) groups is 3. The van der Waals surface area contributed by atoms with E-state index in [1.807, 2.05) is 54.7 Å². The molecule has 0 saturated carbocycles. The van der Waals surface area contributed by atoms with Crippen LogP contribution in [0, 0.1) is 6.92 Å². The van der Waals surface area contributed by atoms with Crippen LogP contribution in [-0.2, 0) is 15.0 Å². The van der Waals surface area contributed by atoms with Crippen LogP contribution in [-0.4, -0.2) is 46.2 Å². The van der Waals surface area contributed by atoms with E-state index < -0.39 is 28.5 Å². The number of ketones is 3. The van der Waals surface area contributed by atoms with E-state index in [9.17, 15) is 24.6 Å². The fraction of sp³-hybridized carbons (Fsp3) is 0.229. The highest BCUT2D eigenvalue weighted by Crippen LogP contribution is 2.57. The van der Waals surface area contributed by atoms with Crippen LogP contribution in [0.15, 0.2) is 77.8 Å². The first-order chi connectivity index (χ1) is 21.0. The topological polar surface area (TPSA) is 138 Å². The number of aromatic hydroxyl groups is 2. The van der Waals surface area contributed by atoms with E-state index in [1.165, 1.54) is 19.9 Å². The molecule has 0 bridgehead atoms. The molecule has 44 heavy (non-hydrogen) atoms. The van der Waals surface area contributed by atoms with E-state index in [0.717, 1.165) is 27.8 Å². The van der Waals surface area contributed by atoms with Crippen molar-refractivity contribution >= 4 is 28.3 Å². The van der Waals surface area contributed by atoms with Gasteiger partial charge in [-0.3, -0.25) is 14.4 Å². The van der Waals surface area contributed by atoms with E-state index in [0.29, 0.717) is 12.2 Å². The van der Waals surface area contributed by atoms with Crippen molar-refractivity contribution in [3.05, 3.63) is 106 Å². The van der Waals surface area contributed by atoms with E-state index >= 15 is 0 Å². The molecule has 0 radical (unpaired) electrons. The van der Waals surface area contributed by atoms with Crippen LogP contribution in [0.25, 0.3) is 10.9 Å². The maximum atomic E-state index is 14.2. The third-order valence-electron chi connectivity index (χ3n) is 8.85. The summed E-state index contributed by atoms with van der Waals surface area (Å²) in [6.45, 7) is 6.30. The van der Waals surface area contributed by atoms with Gasteiger partial charge in [0.05, 0.1) is 18.2 Å². The van der Waals surface area contributed by atoms with Crippen LogP contribution in [0.5, 0.6) is 23.0 Å². The van der Waals surface area contributed by atoms with Gasteiger partial charge in [-0.25, -0.2) is 0 Å². The number of ether oxygens (including phenoxy) is 2. The van der Waals surface area contributed by atoms with Crippen molar-refractivity contribution in [1.29, 1.82) is 0 Å². The molecule has 0 spiro atoms. The molecule has 2 heterocycles. The number of nitrogens with one attached hydrogen (secondary N) is 2. The molecule has 2 aliphatic rings. The first-order valence-corrected chi connectivity index (χ1v) is 14.2. The minimum Gasteiger partial charge on any atom is -0.507 e. The van der Waals surface area contributed by atoms with Crippen LogP contribution in [0.4, 0.5) is 0 Å². The predicted octanol–water partition coefficient (Wildman–Crippen LogP) is 5.48. The second-order valence-corrected chi connectivity index (χ2v) is 11.4. The highest BCUT2D eigenvalue weighted by Gasteiger charge is 2.56. The number of aromatic amines is 1. The Morgan fingerprint density at radius 3 is 2.45 bits per heavy atom. The van der Waals surface area contributed by atoms with Gasteiger partial charge in [-0.05, 0) is 57.0 Å². The van der Waals surface area contributed by atoms with E-state index in [-0.39, 0.29) is 45.4 Å². The summed E-state index contributed by atoms with van der Waals surface area (Å²) in [7, 11) is 1.61. The number of methoxy groups -OCH3 is 1. The predicted molar refractivity (Wildman–Crippen MR) is 164 cm³/mol. The normalized spacial score (nSPS) is 19.2. The maximum Gasteiger partial charge on any atom is 0.194 e. The number of hydrogen-bond donors (Lipinski definition) is 4. The molecule has 0 saturated heterocycles. The number of para-hydroxylation sites is 1. The molecule has 224 valence electrons. The molecule has 9 heteroatoms. The average Bonchev–Trinajstić information content (AvgIpc) is 3.56. The second-order valence-electron chi connectivity index (χ2n) is 11.4. The second kappa shape index (κ2) is 10.4.